The van der Waals surface area contributed by atoms with Crippen LogP contribution in [0.5, 0.6) is 0 Å². The third-order valence-electron chi connectivity index (χ3n) is 3.18. The number of nitrogens with zero attached hydrogens (tertiary/aromatic N) is 1. The van der Waals surface area contributed by atoms with Crippen LogP contribution in [-0.2, 0) is 16.1 Å². The lowest BCUT2D eigenvalue weighted by atomic mass is 10.2. The molecule has 0 atom stereocenters. The van der Waals surface area contributed by atoms with Gasteiger partial charge in [-0.25, -0.2) is 0 Å². The molecule has 0 spiro atoms. The summed E-state index contributed by atoms with van der Waals surface area (Å²) in [5.41, 5.74) is 1.52. The van der Waals surface area contributed by atoms with Gasteiger partial charge in [0.2, 0.25) is 0 Å². The van der Waals surface area contributed by atoms with E-state index in [0.717, 1.165) is 5.56 Å². The highest BCUT2D eigenvalue weighted by molar-refractivity contribution is 6.39. The van der Waals surface area contributed by atoms with Crippen LogP contribution in [0.15, 0.2) is 54.6 Å². The van der Waals surface area contributed by atoms with Crippen LogP contribution < -0.4 is 5.32 Å². The number of likely N-dealkylation sites (N-methyl/N-ethyl adjacent to an activating group) is 1. The Kier molecular flexibility index (Phi) is 5.55. The van der Waals surface area contributed by atoms with E-state index in [2.05, 4.69) is 5.32 Å². The van der Waals surface area contributed by atoms with Crippen molar-refractivity contribution < 1.29 is 9.59 Å². The molecule has 22 heavy (non-hydrogen) atoms. The smallest absolute Gasteiger partial charge is 0.313 e. The number of rotatable bonds is 4. The Morgan fingerprint density at radius 2 is 1.68 bits per heavy atom. The van der Waals surface area contributed by atoms with Gasteiger partial charge < -0.3 is 10.2 Å². The fourth-order valence-corrected chi connectivity index (χ4v) is 2.12. The first kappa shape index (κ1) is 16.0. The molecule has 0 radical (unpaired) electrons. The number of carbonyl (C=O) groups excluding carboxylic acids is 2. The van der Waals surface area contributed by atoms with Crippen molar-refractivity contribution in [3.63, 3.8) is 0 Å². The molecule has 0 aromatic heterocycles. The Morgan fingerprint density at radius 1 is 1.05 bits per heavy atom. The largest absolute Gasteiger partial charge is 0.330 e. The summed E-state index contributed by atoms with van der Waals surface area (Å²) < 4.78 is 0. The zero-order valence-corrected chi connectivity index (χ0v) is 13.0. The fraction of sp³-hybridized carbons (Fsp3) is 0.176. The van der Waals surface area contributed by atoms with Gasteiger partial charge >= 0.3 is 11.8 Å². The van der Waals surface area contributed by atoms with E-state index in [1.165, 1.54) is 4.90 Å². The van der Waals surface area contributed by atoms with Crippen molar-refractivity contribution in [1.29, 1.82) is 0 Å². The molecule has 0 aliphatic rings. The van der Waals surface area contributed by atoms with Gasteiger partial charge in [0.05, 0.1) is 0 Å². The molecule has 2 amide bonds. The molecule has 4 nitrogen and oxygen atoms in total. The molecule has 0 saturated carbocycles. The molecule has 1 N–H and O–H groups in total. The predicted octanol–water partition coefficient (Wildman–Crippen LogP) is 3.33. The summed E-state index contributed by atoms with van der Waals surface area (Å²) in [5, 5.41) is 3.15. The summed E-state index contributed by atoms with van der Waals surface area (Å²) in [6.07, 6.45) is 0. The second-order valence-corrected chi connectivity index (χ2v) is 5.20. The van der Waals surface area contributed by atoms with Crippen LogP contribution >= 0.6 is 11.6 Å². The molecule has 0 saturated heterocycles. The third kappa shape index (κ3) is 4.33. The van der Waals surface area contributed by atoms with Gasteiger partial charge in [0.1, 0.15) is 0 Å². The summed E-state index contributed by atoms with van der Waals surface area (Å²) in [6.45, 7) is 2.71. The second kappa shape index (κ2) is 7.61. The molecule has 0 aliphatic heterocycles. The Labute approximate surface area is 134 Å². The molecule has 114 valence electrons. The van der Waals surface area contributed by atoms with Gasteiger partial charge in [-0.1, -0.05) is 41.9 Å². The van der Waals surface area contributed by atoms with Crippen molar-refractivity contribution in [3.8, 4) is 0 Å². The molecule has 0 heterocycles. The number of hydrogen-bond acceptors (Lipinski definition) is 2. The molecule has 5 heteroatoms. The minimum absolute atomic E-state index is 0.407. The Hall–Kier alpha value is -2.33. The Morgan fingerprint density at radius 3 is 2.27 bits per heavy atom. The van der Waals surface area contributed by atoms with Crippen LogP contribution in [0.1, 0.15) is 12.5 Å². The van der Waals surface area contributed by atoms with Crippen LogP contribution in [0.25, 0.3) is 0 Å². The van der Waals surface area contributed by atoms with Crippen LogP contribution in [0, 0.1) is 0 Å². The highest BCUT2D eigenvalue weighted by atomic mass is 35.5. The minimum atomic E-state index is -0.653. The van der Waals surface area contributed by atoms with E-state index >= 15 is 0 Å². The van der Waals surface area contributed by atoms with Crippen molar-refractivity contribution >= 4 is 29.1 Å². The molecular weight excluding hydrogens is 300 g/mol. The lowest BCUT2D eigenvalue weighted by Gasteiger charge is -2.20. The van der Waals surface area contributed by atoms with Crippen molar-refractivity contribution in [2.24, 2.45) is 0 Å². The van der Waals surface area contributed by atoms with E-state index in [9.17, 15) is 9.59 Å². The molecular formula is C17H17ClN2O2. The minimum Gasteiger partial charge on any atom is -0.330 e. The topological polar surface area (TPSA) is 49.4 Å². The van der Waals surface area contributed by atoms with E-state index < -0.39 is 11.8 Å². The Balaban J connectivity index is 2.01. The van der Waals surface area contributed by atoms with Crippen molar-refractivity contribution in [3.05, 3.63) is 65.2 Å². The monoisotopic (exact) mass is 316 g/mol. The molecule has 0 unspecified atom stereocenters. The number of halogens is 1. The van der Waals surface area contributed by atoms with Crippen molar-refractivity contribution in [2.75, 3.05) is 11.9 Å². The summed E-state index contributed by atoms with van der Waals surface area (Å²) >= 11 is 5.79. The molecule has 0 bridgehead atoms. The second-order valence-electron chi connectivity index (χ2n) is 4.77. The van der Waals surface area contributed by atoms with Gasteiger partial charge in [0.15, 0.2) is 0 Å². The number of carbonyl (C=O) groups is 2. The molecule has 2 aromatic carbocycles. The van der Waals surface area contributed by atoms with E-state index in [-0.39, 0.29) is 0 Å². The lowest BCUT2D eigenvalue weighted by Crippen LogP contribution is -2.39. The van der Waals surface area contributed by atoms with Crippen molar-refractivity contribution in [1.82, 2.24) is 4.90 Å². The number of nitrogens with one attached hydrogen (secondary N) is 1. The van der Waals surface area contributed by atoms with Gasteiger partial charge in [-0.05, 0) is 36.8 Å². The van der Waals surface area contributed by atoms with Gasteiger partial charge in [-0.15, -0.1) is 0 Å². The first-order chi connectivity index (χ1) is 10.6. The van der Waals surface area contributed by atoms with E-state index in [0.29, 0.717) is 23.8 Å². The average molecular weight is 317 g/mol. The maximum Gasteiger partial charge on any atom is 0.313 e. The third-order valence-corrected chi connectivity index (χ3v) is 3.43. The highest BCUT2D eigenvalue weighted by Gasteiger charge is 2.20. The van der Waals surface area contributed by atoms with Gasteiger partial charge in [-0.3, -0.25) is 9.59 Å². The summed E-state index contributed by atoms with van der Waals surface area (Å²) in [6, 6.07) is 16.2. The van der Waals surface area contributed by atoms with Gasteiger partial charge in [0, 0.05) is 23.8 Å². The first-order valence-corrected chi connectivity index (χ1v) is 7.37. The number of anilines is 1. The molecule has 0 aliphatic carbocycles. The van der Waals surface area contributed by atoms with Crippen LogP contribution in [0.3, 0.4) is 0 Å². The normalized spacial score (nSPS) is 10.1. The summed E-state index contributed by atoms with van der Waals surface area (Å²) in [5.74, 6) is -1.21. The highest BCUT2D eigenvalue weighted by Crippen LogP contribution is 2.13. The van der Waals surface area contributed by atoms with E-state index in [1.54, 1.807) is 24.3 Å². The number of hydrogen-bond donors (Lipinski definition) is 1. The van der Waals surface area contributed by atoms with Gasteiger partial charge in [0.25, 0.3) is 0 Å². The van der Waals surface area contributed by atoms with E-state index in [4.69, 9.17) is 11.6 Å². The maximum absolute atomic E-state index is 12.2. The van der Waals surface area contributed by atoms with Crippen LogP contribution in [0.4, 0.5) is 5.69 Å². The number of benzene rings is 2. The van der Waals surface area contributed by atoms with Gasteiger partial charge in [-0.2, -0.15) is 0 Å². The van der Waals surface area contributed by atoms with Crippen molar-refractivity contribution in [2.45, 2.75) is 13.5 Å². The first-order valence-electron chi connectivity index (χ1n) is 7.00. The molecule has 0 fully saturated rings. The number of amides is 2. The summed E-state index contributed by atoms with van der Waals surface area (Å²) in [4.78, 5) is 25.8. The SMILES string of the molecule is CCN(Cc1ccccc1)C(=O)C(=O)Nc1ccc(Cl)cc1. The predicted molar refractivity (Wildman–Crippen MR) is 87.6 cm³/mol. The zero-order valence-electron chi connectivity index (χ0n) is 12.3. The quantitative estimate of drug-likeness (QED) is 0.880. The van der Waals surface area contributed by atoms with Crippen LogP contribution in [0.2, 0.25) is 5.02 Å². The molecule has 2 rings (SSSR count). The maximum atomic E-state index is 12.2. The average Bonchev–Trinajstić information content (AvgIpc) is 2.55. The zero-order chi connectivity index (χ0) is 15.9. The standard InChI is InChI=1S/C17H17ClN2O2/c1-2-20(12-13-6-4-3-5-7-13)17(22)16(21)19-15-10-8-14(18)9-11-15/h3-11H,2,12H2,1H3,(H,19,21). The Bertz CT molecular complexity index is 641. The van der Waals surface area contributed by atoms with Crippen LogP contribution in [-0.4, -0.2) is 23.3 Å². The summed E-state index contributed by atoms with van der Waals surface area (Å²) in [7, 11) is 0. The lowest BCUT2D eigenvalue weighted by molar-refractivity contribution is -0.143. The fourth-order valence-electron chi connectivity index (χ4n) is 1.99. The molecule has 2 aromatic rings. The van der Waals surface area contributed by atoms with E-state index in [1.807, 2.05) is 37.3 Å².